The molecule has 1 unspecified atom stereocenters. The Hall–Kier alpha value is -1.06. The van der Waals surface area contributed by atoms with E-state index in [1.807, 2.05) is 24.3 Å². The van der Waals surface area contributed by atoms with Crippen LogP contribution < -0.4 is 10.6 Å². The molecule has 1 heterocycles. The number of benzene rings is 1. The van der Waals surface area contributed by atoms with Crippen LogP contribution in [-0.4, -0.2) is 18.5 Å². The van der Waals surface area contributed by atoms with E-state index in [4.69, 9.17) is 11.6 Å². The van der Waals surface area contributed by atoms with Crippen molar-refractivity contribution >= 4 is 17.5 Å². The SMILES string of the molecule is O=C(NCc1cccc(Cl)c1)C1CCCCCN1. The van der Waals surface area contributed by atoms with Crippen molar-refractivity contribution in [2.45, 2.75) is 38.3 Å². The summed E-state index contributed by atoms with van der Waals surface area (Å²) in [6, 6.07) is 7.54. The Morgan fingerprint density at radius 1 is 1.39 bits per heavy atom. The summed E-state index contributed by atoms with van der Waals surface area (Å²) < 4.78 is 0. The molecule has 0 saturated carbocycles. The third-order valence-corrected chi connectivity index (χ3v) is 3.47. The molecule has 0 radical (unpaired) electrons. The Bertz CT molecular complexity index is 401. The molecule has 1 aromatic carbocycles. The number of amides is 1. The summed E-state index contributed by atoms with van der Waals surface area (Å²) in [5, 5.41) is 6.96. The highest BCUT2D eigenvalue weighted by molar-refractivity contribution is 6.30. The minimum atomic E-state index is -0.0355. The van der Waals surface area contributed by atoms with Gasteiger partial charge in [-0.3, -0.25) is 4.79 Å². The Morgan fingerprint density at radius 2 is 2.28 bits per heavy atom. The molecule has 18 heavy (non-hydrogen) atoms. The molecule has 1 atom stereocenters. The molecule has 0 aliphatic carbocycles. The Balaban J connectivity index is 1.83. The van der Waals surface area contributed by atoms with Gasteiger partial charge in [-0.25, -0.2) is 0 Å². The summed E-state index contributed by atoms with van der Waals surface area (Å²) in [5.41, 5.74) is 1.03. The summed E-state index contributed by atoms with van der Waals surface area (Å²) in [6.45, 7) is 1.48. The zero-order chi connectivity index (χ0) is 12.8. The van der Waals surface area contributed by atoms with Crippen molar-refractivity contribution in [1.82, 2.24) is 10.6 Å². The van der Waals surface area contributed by atoms with Crippen LogP contribution in [0.5, 0.6) is 0 Å². The zero-order valence-corrected chi connectivity index (χ0v) is 11.2. The Kier molecular flexibility index (Phi) is 5.02. The first-order valence-electron chi connectivity index (χ1n) is 6.51. The molecule has 1 amide bonds. The van der Waals surface area contributed by atoms with E-state index >= 15 is 0 Å². The first-order valence-corrected chi connectivity index (χ1v) is 6.89. The van der Waals surface area contributed by atoms with Crippen molar-refractivity contribution in [3.63, 3.8) is 0 Å². The second-order valence-electron chi connectivity index (χ2n) is 4.70. The van der Waals surface area contributed by atoms with Crippen molar-refractivity contribution in [3.8, 4) is 0 Å². The summed E-state index contributed by atoms with van der Waals surface area (Å²) in [6.07, 6.45) is 4.44. The van der Waals surface area contributed by atoms with E-state index in [9.17, 15) is 4.79 Å². The van der Waals surface area contributed by atoms with Gasteiger partial charge in [-0.1, -0.05) is 36.6 Å². The molecule has 1 saturated heterocycles. The molecule has 1 fully saturated rings. The van der Waals surface area contributed by atoms with E-state index < -0.39 is 0 Å². The van der Waals surface area contributed by atoms with Crippen LogP contribution >= 0.6 is 11.6 Å². The first kappa shape index (κ1) is 13.4. The maximum atomic E-state index is 12.0. The van der Waals surface area contributed by atoms with Crippen molar-refractivity contribution in [2.24, 2.45) is 0 Å². The van der Waals surface area contributed by atoms with Gasteiger partial charge in [0.25, 0.3) is 0 Å². The highest BCUT2D eigenvalue weighted by Gasteiger charge is 2.18. The van der Waals surface area contributed by atoms with Gasteiger partial charge in [0.1, 0.15) is 0 Å². The predicted molar refractivity (Wildman–Crippen MR) is 73.6 cm³/mol. The predicted octanol–water partition coefficient (Wildman–Crippen LogP) is 2.49. The Morgan fingerprint density at radius 3 is 3.11 bits per heavy atom. The minimum Gasteiger partial charge on any atom is -0.351 e. The molecular formula is C14H19ClN2O. The number of hydrogen-bond donors (Lipinski definition) is 2. The largest absolute Gasteiger partial charge is 0.351 e. The highest BCUT2D eigenvalue weighted by atomic mass is 35.5. The van der Waals surface area contributed by atoms with Gasteiger partial charge in [0, 0.05) is 11.6 Å². The van der Waals surface area contributed by atoms with Gasteiger partial charge < -0.3 is 10.6 Å². The maximum Gasteiger partial charge on any atom is 0.237 e. The van der Waals surface area contributed by atoms with E-state index in [-0.39, 0.29) is 11.9 Å². The highest BCUT2D eigenvalue weighted by Crippen LogP contribution is 2.11. The van der Waals surface area contributed by atoms with Crippen LogP contribution in [0.4, 0.5) is 0 Å². The maximum absolute atomic E-state index is 12.0. The molecular weight excluding hydrogens is 248 g/mol. The standard InChI is InChI=1S/C14H19ClN2O/c15-12-6-4-5-11(9-12)10-17-14(18)13-7-2-1-3-8-16-13/h4-6,9,13,16H,1-3,7-8,10H2,(H,17,18). The van der Waals surface area contributed by atoms with Crippen molar-refractivity contribution < 1.29 is 4.79 Å². The quantitative estimate of drug-likeness (QED) is 0.883. The molecule has 1 aliphatic heterocycles. The molecule has 0 spiro atoms. The lowest BCUT2D eigenvalue weighted by atomic mass is 10.1. The molecule has 2 N–H and O–H groups in total. The van der Waals surface area contributed by atoms with Crippen molar-refractivity contribution in [1.29, 1.82) is 0 Å². The van der Waals surface area contributed by atoms with E-state index in [2.05, 4.69) is 10.6 Å². The monoisotopic (exact) mass is 266 g/mol. The summed E-state index contributed by atoms with van der Waals surface area (Å²) >= 11 is 5.91. The Labute approximate surface area is 113 Å². The first-order chi connectivity index (χ1) is 8.75. The van der Waals surface area contributed by atoms with Crippen LogP contribution in [0.1, 0.15) is 31.2 Å². The van der Waals surface area contributed by atoms with Crippen LogP contribution in [-0.2, 0) is 11.3 Å². The lowest BCUT2D eigenvalue weighted by molar-refractivity contribution is -0.123. The zero-order valence-electron chi connectivity index (χ0n) is 10.4. The lowest BCUT2D eigenvalue weighted by Gasteiger charge is -2.15. The third-order valence-electron chi connectivity index (χ3n) is 3.23. The number of hydrogen-bond acceptors (Lipinski definition) is 2. The second kappa shape index (κ2) is 6.76. The third kappa shape index (κ3) is 4.00. The molecule has 0 aromatic heterocycles. The summed E-state index contributed by atoms with van der Waals surface area (Å²) in [5.74, 6) is 0.0943. The van der Waals surface area contributed by atoms with Gasteiger partial charge in [-0.2, -0.15) is 0 Å². The van der Waals surface area contributed by atoms with Gasteiger partial charge in [-0.05, 0) is 37.1 Å². The van der Waals surface area contributed by atoms with Gasteiger partial charge in [-0.15, -0.1) is 0 Å². The second-order valence-corrected chi connectivity index (χ2v) is 5.14. The van der Waals surface area contributed by atoms with E-state index in [1.54, 1.807) is 0 Å². The van der Waals surface area contributed by atoms with Crippen LogP contribution in [0, 0.1) is 0 Å². The summed E-state index contributed by atoms with van der Waals surface area (Å²) in [4.78, 5) is 12.0. The van der Waals surface area contributed by atoms with E-state index in [0.29, 0.717) is 11.6 Å². The van der Waals surface area contributed by atoms with Gasteiger partial charge in [0.05, 0.1) is 6.04 Å². The van der Waals surface area contributed by atoms with Crippen molar-refractivity contribution in [3.05, 3.63) is 34.9 Å². The summed E-state index contributed by atoms with van der Waals surface area (Å²) in [7, 11) is 0. The lowest BCUT2D eigenvalue weighted by Crippen LogP contribution is -2.43. The average molecular weight is 267 g/mol. The van der Waals surface area contributed by atoms with Gasteiger partial charge >= 0.3 is 0 Å². The normalized spacial score (nSPS) is 20.2. The fourth-order valence-electron chi connectivity index (χ4n) is 2.21. The van der Waals surface area contributed by atoms with E-state index in [0.717, 1.165) is 31.4 Å². The molecule has 3 nitrogen and oxygen atoms in total. The molecule has 98 valence electrons. The van der Waals surface area contributed by atoms with Crippen LogP contribution in [0.2, 0.25) is 5.02 Å². The van der Waals surface area contributed by atoms with Crippen LogP contribution in [0.25, 0.3) is 0 Å². The van der Waals surface area contributed by atoms with Crippen LogP contribution in [0.15, 0.2) is 24.3 Å². The number of nitrogens with one attached hydrogen (secondary N) is 2. The minimum absolute atomic E-state index is 0.0355. The van der Waals surface area contributed by atoms with Crippen molar-refractivity contribution in [2.75, 3.05) is 6.54 Å². The molecule has 4 heteroatoms. The fraction of sp³-hybridized carbons (Fsp3) is 0.500. The van der Waals surface area contributed by atoms with Crippen LogP contribution in [0.3, 0.4) is 0 Å². The van der Waals surface area contributed by atoms with Gasteiger partial charge in [0.2, 0.25) is 5.91 Å². The smallest absolute Gasteiger partial charge is 0.237 e. The number of halogens is 1. The number of carbonyl (C=O) groups excluding carboxylic acids is 1. The topological polar surface area (TPSA) is 41.1 Å². The number of carbonyl (C=O) groups is 1. The number of rotatable bonds is 3. The molecule has 0 bridgehead atoms. The molecule has 2 rings (SSSR count). The van der Waals surface area contributed by atoms with Gasteiger partial charge in [0.15, 0.2) is 0 Å². The average Bonchev–Trinajstić information content (AvgIpc) is 2.65. The van der Waals surface area contributed by atoms with E-state index in [1.165, 1.54) is 6.42 Å². The molecule has 1 aromatic rings. The molecule has 1 aliphatic rings. The fourth-order valence-corrected chi connectivity index (χ4v) is 2.42.